The number of imidazole rings is 2. The molecule has 1 aromatic carbocycles. The SMILES string of the molecule is CC(C)(C)c1cnc2ccc(-c3ccc(Cn4ccnc4)cc3)cn12.O=C(O)C(F)(F)F. The zero-order valence-electron chi connectivity index (χ0n) is 17.8. The highest BCUT2D eigenvalue weighted by Gasteiger charge is 2.38. The van der Waals surface area contributed by atoms with Crippen molar-refractivity contribution in [3.63, 3.8) is 0 Å². The molecule has 0 atom stereocenters. The van der Waals surface area contributed by atoms with Gasteiger partial charge in [-0.15, -0.1) is 0 Å². The number of hydrogen-bond acceptors (Lipinski definition) is 3. The molecule has 3 heterocycles. The van der Waals surface area contributed by atoms with E-state index < -0.39 is 12.1 Å². The molecule has 0 saturated carbocycles. The van der Waals surface area contributed by atoms with Crippen molar-refractivity contribution < 1.29 is 23.1 Å². The number of carboxylic acids is 1. The van der Waals surface area contributed by atoms with Gasteiger partial charge in [-0.05, 0) is 28.8 Å². The fourth-order valence-electron chi connectivity index (χ4n) is 3.10. The van der Waals surface area contributed by atoms with E-state index in [9.17, 15) is 13.2 Å². The molecule has 0 saturated heterocycles. The normalized spacial score (nSPS) is 11.8. The average molecular weight is 444 g/mol. The molecule has 0 amide bonds. The standard InChI is InChI=1S/C21H22N4.C2HF3O2/c1-21(2,3)19-12-23-20-9-8-18(14-25(19)20)17-6-4-16(5-7-17)13-24-11-10-22-15-24;3-2(4,5)1(6)7/h4-12,14-15H,13H2,1-3H3;(H,6,7). The lowest BCUT2D eigenvalue weighted by Crippen LogP contribution is -2.21. The van der Waals surface area contributed by atoms with E-state index in [-0.39, 0.29) is 5.41 Å². The molecule has 4 rings (SSSR count). The molecule has 32 heavy (non-hydrogen) atoms. The summed E-state index contributed by atoms with van der Waals surface area (Å²) in [5.74, 6) is -2.76. The highest BCUT2D eigenvalue weighted by molar-refractivity contribution is 5.73. The number of pyridine rings is 1. The Morgan fingerprint density at radius 3 is 2.19 bits per heavy atom. The molecule has 0 unspecified atom stereocenters. The summed E-state index contributed by atoms with van der Waals surface area (Å²) in [7, 11) is 0. The lowest BCUT2D eigenvalue weighted by molar-refractivity contribution is -0.192. The first-order chi connectivity index (χ1) is 14.9. The topological polar surface area (TPSA) is 72.4 Å². The van der Waals surface area contributed by atoms with Crippen molar-refractivity contribution in [2.45, 2.75) is 38.9 Å². The van der Waals surface area contributed by atoms with E-state index in [0.29, 0.717) is 0 Å². The van der Waals surface area contributed by atoms with Crippen molar-refractivity contribution in [3.8, 4) is 11.1 Å². The van der Waals surface area contributed by atoms with E-state index in [2.05, 4.69) is 82.3 Å². The number of carbonyl (C=O) groups is 1. The van der Waals surface area contributed by atoms with Gasteiger partial charge < -0.3 is 14.1 Å². The molecule has 1 N–H and O–H groups in total. The number of fused-ring (bicyclic) bond motifs is 1. The summed E-state index contributed by atoms with van der Waals surface area (Å²) in [4.78, 5) is 17.5. The monoisotopic (exact) mass is 444 g/mol. The van der Waals surface area contributed by atoms with Gasteiger partial charge in [0.05, 0.1) is 6.33 Å². The number of carboxylic acid groups (broad SMARTS) is 1. The van der Waals surface area contributed by atoms with E-state index in [1.54, 1.807) is 0 Å². The van der Waals surface area contributed by atoms with E-state index >= 15 is 0 Å². The van der Waals surface area contributed by atoms with Crippen molar-refractivity contribution in [1.82, 2.24) is 18.9 Å². The molecule has 0 spiro atoms. The minimum atomic E-state index is -5.08. The molecule has 9 heteroatoms. The number of alkyl halides is 3. The molecular formula is C23H23F3N4O2. The third kappa shape index (κ3) is 5.54. The van der Waals surface area contributed by atoms with Crippen LogP contribution in [0.25, 0.3) is 16.8 Å². The zero-order chi connectivity index (χ0) is 23.5. The lowest BCUT2D eigenvalue weighted by atomic mass is 9.93. The predicted molar refractivity (Wildman–Crippen MR) is 114 cm³/mol. The second-order valence-electron chi connectivity index (χ2n) is 8.27. The molecule has 3 aromatic heterocycles. The van der Waals surface area contributed by atoms with Crippen molar-refractivity contribution in [2.24, 2.45) is 0 Å². The Balaban J connectivity index is 0.000000360. The van der Waals surface area contributed by atoms with E-state index in [1.807, 2.05) is 24.9 Å². The Morgan fingerprint density at radius 2 is 1.66 bits per heavy atom. The fraction of sp³-hybridized carbons (Fsp3) is 0.261. The van der Waals surface area contributed by atoms with Crippen LogP contribution in [0.15, 0.2) is 67.5 Å². The Bertz CT molecular complexity index is 1190. The third-order valence-electron chi connectivity index (χ3n) is 4.73. The second kappa shape index (κ2) is 8.86. The summed E-state index contributed by atoms with van der Waals surface area (Å²) in [6.45, 7) is 7.49. The number of halogens is 3. The average Bonchev–Trinajstić information content (AvgIpc) is 3.37. The molecule has 168 valence electrons. The van der Waals surface area contributed by atoms with Crippen LogP contribution < -0.4 is 0 Å². The van der Waals surface area contributed by atoms with E-state index in [0.717, 1.165) is 12.2 Å². The van der Waals surface area contributed by atoms with Gasteiger partial charge in [0.1, 0.15) is 5.65 Å². The van der Waals surface area contributed by atoms with Gasteiger partial charge in [0, 0.05) is 42.4 Å². The Hall–Kier alpha value is -3.62. The first kappa shape index (κ1) is 23.1. The summed E-state index contributed by atoms with van der Waals surface area (Å²) >= 11 is 0. The number of aromatic nitrogens is 4. The predicted octanol–water partition coefficient (Wildman–Crippen LogP) is 5.18. The molecular weight excluding hydrogens is 421 g/mol. The maximum atomic E-state index is 10.6. The maximum absolute atomic E-state index is 10.6. The lowest BCUT2D eigenvalue weighted by Gasteiger charge is -2.18. The Morgan fingerprint density at radius 1 is 1.03 bits per heavy atom. The van der Waals surface area contributed by atoms with Crippen LogP contribution in [0.4, 0.5) is 13.2 Å². The number of aliphatic carboxylic acids is 1. The van der Waals surface area contributed by atoms with Gasteiger partial charge in [0.2, 0.25) is 0 Å². The zero-order valence-corrected chi connectivity index (χ0v) is 17.8. The van der Waals surface area contributed by atoms with Gasteiger partial charge in [-0.2, -0.15) is 13.2 Å². The smallest absolute Gasteiger partial charge is 0.475 e. The van der Waals surface area contributed by atoms with E-state index in [4.69, 9.17) is 9.90 Å². The number of nitrogens with zero attached hydrogens (tertiary/aromatic N) is 4. The van der Waals surface area contributed by atoms with Crippen LogP contribution in [0, 0.1) is 0 Å². The molecule has 0 aliphatic carbocycles. The largest absolute Gasteiger partial charge is 0.490 e. The van der Waals surface area contributed by atoms with Gasteiger partial charge in [-0.25, -0.2) is 14.8 Å². The minimum absolute atomic E-state index is 0.0622. The number of benzene rings is 1. The molecule has 0 fully saturated rings. The molecule has 4 aromatic rings. The minimum Gasteiger partial charge on any atom is -0.475 e. The second-order valence-corrected chi connectivity index (χ2v) is 8.27. The summed E-state index contributed by atoms with van der Waals surface area (Å²) < 4.78 is 36.0. The Labute approximate surface area is 183 Å². The molecule has 0 aliphatic heterocycles. The molecule has 0 aliphatic rings. The summed E-state index contributed by atoms with van der Waals surface area (Å²) in [6.07, 6.45) is 4.71. The van der Waals surface area contributed by atoms with Crippen LogP contribution in [0.3, 0.4) is 0 Å². The first-order valence-corrected chi connectivity index (χ1v) is 9.78. The van der Waals surface area contributed by atoms with Crippen molar-refractivity contribution >= 4 is 11.6 Å². The maximum Gasteiger partial charge on any atom is 0.490 e. The van der Waals surface area contributed by atoms with Crippen LogP contribution in [0.1, 0.15) is 32.0 Å². The van der Waals surface area contributed by atoms with Crippen LogP contribution in [0.2, 0.25) is 0 Å². The first-order valence-electron chi connectivity index (χ1n) is 9.78. The number of rotatable bonds is 3. The molecule has 6 nitrogen and oxygen atoms in total. The summed E-state index contributed by atoms with van der Waals surface area (Å²) in [5, 5.41) is 7.12. The summed E-state index contributed by atoms with van der Waals surface area (Å²) in [5.41, 5.74) is 5.95. The van der Waals surface area contributed by atoms with Crippen LogP contribution in [0.5, 0.6) is 0 Å². The van der Waals surface area contributed by atoms with Crippen LogP contribution in [-0.2, 0) is 16.8 Å². The van der Waals surface area contributed by atoms with Gasteiger partial charge in [-0.1, -0.05) is 45.0 Å². The van der Waals surface area contributed by atoms with Crippen LogP contribution in [-0.4, -0.2) is 36.2 Å². The third-order valence-corrected chi connectivity index (χ3v) is 4.73. The van der Waals surface area contributed by atoms with Gasteiger partial charge in [-0.3, -0.25) is 0 Å². The Kier molecular flexibility index (Phi) is 6.38. The van der Waals surface area contributed by atoms with Crippen LogP contribution >= 0.6 is 0 Å². The van der Waals surface area contributed by atoms with Crippen molar-refractivity contribution in [1.29, 1.82) is 0 Å². The van der Waals surface area contributed by atoms with Gasteiger partial charge in [0.15, 0.2) is 0 Å². The fourth-order valence-corrected chi connectivity index (χ4v) is 3.10. The summed E-state index contributed by atoms with van der Waals surface area (Å²) in [6, 6.07) is 12.9. The highest BCUT2D eigenvalue weighted by atomic mass is 19.4. The van der Waals surface area contributed by atoms with E-state index in [1.165, 1.54) is 22.4 Å². The highest BCUT2D eigenvalue weighted by Crippen LogP contribution is 2.26. The van der Waals surface area contributed by atoms with Gasteiger partial charge in [0.25, 0.3) is 0 Å². The van der Waals surface area contributed by atoms with Crippen molar-refractivity contribution in [2.75, 3.05) is 0 Å². The number of hydrogen-bond donors (Lipinski definition) is 1. The quantitative estimate of drug-likeness (QED) is 0.473. The molecule has 0 radical (unpaired) electrons. The van der Waals surface area contributed by atoms with Gasteiger partial charge >= 0.3 is 12.1 Å². The molecule has 0 bridgehead atoms. The van der Waals surface area contributed by atoms with Crippen molar-refractivity contribution in [3.05, 3.63) is 78.8 Å².